The van der Waals surface area contributed by atoms with Crippen LogP contribution in [0.2, 0.25) is 0 Å². The lowest BCUT2D eigenvalue weighted by atomic mass is 9.79. The molecule has 2 saturated carbocycles. The van der Waals surface area contributed by atoms with Crippen LogP contribution in [0, 0.1) is 0 Å². The Morgan fingerprint density at radius 1 is 1.10 bits per heavy atom. The van der Waals surface area contributed by atoms with E-state index in [0.717, 1.165) is 19.6 Å². The van der Waals surface area contributed by atoms with Gasteiger partial charge in [0.05, 0.1) is 6.54 Å². The molecule has 120 valence electrons. The van der Waals surface area contributed by atoms with Crippen LogP contribution in [0.5, 0.6) is 0 Å². The van der Waals surface area contributed by atoms with Crippen LogP contribution in [-0.2, 0) is 4.79 Å². The summed E-state index contributed by atoms with van der Waals surface area (Å²) in [4.78, 5) is 14.9. The molecule has 21 heavy (non-hydrogen) atoms. The van der Waals surface area contributed by atoms with Crippen molar-refractivity contribution in [2.75, 3.05) is 26.2 Å². The topological polar surface area (TPSA) is 44.4 Å². The Hall–Kier alpha value is -0.610. The minimum Gasteiger partial charge on any atom is -0.352 e. The van der Waals surface area contributed by atoms with Gasteiger partial charge in [0.2, 0.25) is 5.91 Å². The first kappa shape index (κ1) is 15.3. The Labute approximate surface area is 129 Å². The van der Waals surface area contributed by atoms with Crippen LogP contribution in [0.15, 0.2) is 0 Å². The number of rotatable bonds is 3. The van der Waals surface area contributed by atoms with Crippen molar-refractivity contribution >= 4 is 5.91 Å². The van der Waals surface area contributed by atoms with Gasteiger partial charge in [0.1, 0.15) is 0 Å². The van der Waals surface area contributed by atoms with E-state index in [1.807, 2.05) is 0 Å². The van der Waals surface area contributed by atoms with Crippen molar-refractivity contribution in [3.05, 3.63) is 0 Å². The number of amides is 1. The number of carbonyl (C=O) groups is 1. The summed E-state index contributed by atoms with van der Waals surface area (Å²) >= 11 is 0. The molecule has 0 aromatic heterocycles. The molecule has 3 rings (SSSR count). The molecule has 1 saturated heterocycles. The lowest BCUT2D eigenvalue weighted by Gasteiger charge is -2.49. The van der Waals surface area contributed by atoms with Crippen molar-refractivity contribution in [1.29, 1.82) is 0 Å². The van der Waals surface area contributed by atoms with E-state index in [9.17, 15) is 4.79 Å². The first-order valence-corrected chi connectivity index (χ1v) is 9.04. The second kappa shape index (κ2) is 7.10. The molecule has 0 aromatic carbocycles. The second-order valence-corrected chi connectivity index (χ2v) is 7.29. The Morgan fingerprint density at radius 3 is 2.57 bits per heavy atom. The molecule has 4 heteroatoms. The molecule has 1 spiro atoms. The summed E-state index contributed by atoms with van der Waals surface area (Å²) in [7, 11) is 0. The smallest absolute Gasteiger partial charge is 0.234 e. The summed E-state index contributed by atoms with van der Waals surface area (Å²) < 4.78 is 0. The monoisotopic (exact) mass is 293 g/mol. The van der Waals surface area contributed by atoms with E-state index in [-0.39, 0.29) is 11.4 Å². The lowest BCUT2D eigenvalue weighted by Crippen LogP contribution is -2.63. The summed E-state index contributed by atoms with van der Waals surface area (Å²) in [6.07, 6.45) is 12.8. The van der Waals surface area contributed by atoms with Gasteiger partial charge >= 0.3 is 0 Å². The van der Waals surface area contributed by atoms with Crippen molar-refractivity contribution < 1.29 is 4.79 Å². The van der Waals surface area contributed by atoms with Gasteiger partial charge in [0.25, 0.3) is 0 Å². The van der Waals surface area contributed by atoms with Gasteiger partial charge in [-0.15, -0.1) is 0 Å². The van der Waals surface area contributed by atoms with Gasteiger partial charge in [-0.3, -0.25) is 9.69 Å². The quantitative estimate of drug-likeness (QED) is 0.837. The van der Waals surface area contributed by atoms with E-state index >= 15 is 0 Å². The van der Waals surface area contributed by atoms with Crippen molar-refractivity contribution in [1.82, 2.24) is 15.5 Å². The minimum absolute atomic E-state index is 0.258. The maximum absolute atomic E-state index is 12.4. The number of hydrogen-bond acceptors (Lipinski definition) is 3. The van der Waals surface area contributed by atoms with Crippen LogP contribution in [0.3, 0.4) is 0 Å². The molecule has 3 aliphatic rings. The van der Waals surface area contributed by atoms with Crippen LogP contribution in [-0.4, -0.2) is 48.6 Å². The van der Waals surface area contributed by atoms with Crippen LogP contribution in [0.1, 0.15) is 64.2 Å². The molecule has 1 aliphatic heterocycles. The first-order chi connectivity index (χ1) is 10.3. The number of carbonyl (C=O) groups excluding carboxylic acids is 1. The SMILES string of the molecule is O=C(CN1CCNCC12CCCCC2)NC1CCCCC1. The van der Waals surface area contributed by atoms with Gasteiger partial charge in [0.15, 0.2) is 0 Å². The number of piperazine rings is 1. The average molecular weight is 293 g/mol. The summed E-state index contributed by atoms with van der Waals surface area (Å²) in [5.41, 5.74) is 0.264. The summed E-state index contributed by atoms with van der Waals surface area (Å²) in [5.74, 6) is 0.258. The van der Waals surface area contributed by atoms with Crippen molar-refractivity contribution in [3.8, 4) is 0 Å². The molecule has 3 fully saturated rings. The molecule has 4 nitrogen and oxygen atoms in total. The van der Waals surface area contributed by atoms with Crippen LogP contribution in [0.4, 0.5) is 0 Å². The zero-order valence-corrected chi connectivity index (χ0v) is 13.3. The van der Waals surface area contributed by atoms with Gasteiger partial charge in [-0.25, -0.2) is 0 Å². The molecular weight excluding hydrogens is 262 g/mol. The van der Waals surface area contributed by atoms with Crippen LogP contribution >= 0.6 is 0 Å². The predicted molar refractivity (Wildman–Crippen MR) is 85.3 cm³/mol. The Bertz CT molecular complexity index is 338. The summed E-state index contributed by atoms with van der Waals surface area (Å²) in [6.45, 7) is 3.73. The van der Waals surface area contributed by atoms with Gasteiger partial charge in [-0.05, 0) is 25.7 Å². The fourth-order valence-electron chi connectivity index (χ4n) is 4.53. The van der Waals surface area contributed by atoms with E-state index in [4.69, 9.17) is 0 Å². The molecular formula is C17H31N3O. The zero-order valence-electron chi connectivity index (χ0n) is 13.3. The fraction of sp³-hybridized carbons (Fsp3) is 0.941. The van der Waals surface area contributed by atoms with Crippen LogP contribution < -0.4 is 10.6 Å². The molecule has 0 bridgehead atoms. The van der Waals surface area contributed by atoms with E-state index < -0.39 is 0 Å². The highest BCUT2D eigenvalue weighted by molar-refractivity contribution is 5.78. The summed E-state index contributed by atoms with van der Waals surface area (Å²) in [6, 6.07) is 0.441. The number of nitrogens with one attached hydrogen (secondary N) is 2. The first-order valence-electron chi connectivity index (χ1n) is 9.04. The fourth-order valence-corrected chi connectivity index (χ4v) is 4.53. The van der Waals surface area contributed by atoms with E-state index in [1.54, 1.807) is 0 Å². The van der Waals surface area contributed by atoms with Gasteiger partial charge in [-0.2, -0.15) is 0 Å². The lowest BCUT2D eigenvalue weighted by molar-refractivity contribution is -0.125. The van der Waals surface area contributed by atoms with Crippen molar-refractivity contribution in [3.63, 3.8) is 0 Å². The average Bonchev–Trinajstić information content (AvgIpc) is 2.52. The molecule has 1 amide bonds. The Morgan fingerprint density at radius 2 is 1.81 bits per heavy atom. The molecule has 1 heterocycles. The zero-order chi connectivity index (χ0) is 14.5. The minimum atomic E-state index is 0.258. The van der Waals surface area contributed by atoms with Crippen molar-refractivity contribution in [2.45, 2.75) is 75.8 Å². The summed E-state index contributed by atoms with van der Waals surface area (Å²) in [5, 5.41) is 6.84. The van der Waals surface area contributed by atoms with Crippen molar-refractivity contribution in [2.24, 2.45) is 0 Å². The van der Waals surface area contributed by atoms with Gasteiger partial charge in [-0.1, -0.05) is 38.5 Å². The third-order valence-electron chi connectivity index (χ3n) is 5.77. The van der Waals surface area contributed by atoms with E-state index in [1.165, 1.54) is 64.2 Å². The highest BCUT2D eigenvalue weighted by atomic mass is 16.2. The van der Waals surface area contributed by atoms with E-state index in [2.05, 4.69) is 15.5 Å². The highest BCUT2D eigenvalue weighted by Crippen LogP contribution is 2.34. The van der Waals surface area contributed by atoms with E-state index in [0.29, 0.717) is 12.6 Å². The number of hydrogen-bond donors (Lipinski definition) is 2. The van der Waals surface area contributed by atoms with Gasteiger partial charge in [0, 0.05) is 31.2 Å². The highest BCUT2D eigenvalue weighted by Gasteiger charge is 2.40. The molecule has 0 radical (unpaired) electrons. The maximum atomic E-state index is 12.4. The molecule has 0 unspecified atom stereocenters. The third-order valence-corrected chi connectivity index (χ3v) is 5.77. The number of nitrogens with zero attached hydrogens (tertiary/aromatic N) is 1. The molecule has 2 aliphatic carbocycles. The maximum Gasteiger partial charge on any atom is 0.234 e. The van der Waals surface area contributed by atoms with Gasteiger partial charge < -0.3 is 10.6 Å². The standard InChI is InChI=1S/C17H31N3O/c21-16(19-15-7-3-1-4-8-15)13-20-12-11-18-14-17(20)9-5-2-6-10-17/h15,18H,1-14H2,(H,19,21). The second-order valence-electron chi connectivity index (χ2n) is 7.29. The molecule has 0 atom stereocenters. The normalized spacial score (nSPS) is 27.6. The van der Waals surface area contributed by atoms with Crippen LogP contribution in [0.25, 0.3) is 0 Å². The predicted octanol–water partition coefficient (Wildman–Crippen LogP) is 2.04. The molecule has 0 aromatic rings. The molecule has 2 N–H and O–H groups in total. The third kappa shape index (κ3) is 3.78. The Balaban J connectivity index is 1.55. The largest absolute Gasteiger partial charge is 0.352 e. The Kier molecular flexibility index (Phi) is 5.17.